The Morgan fingerprint density at radius 2 is 1.73 bits per heavy atom. The van der Waals surface area contributed by atoms with E-state index in [1.807, 2.05) is 57.2 Å². The number of carbonyl (C=O) groups excluding carboxylic acids is 2. The first-order chi connectivity index (χ1) is 19.0. The summed E-state index contributed by atoms with van der Waals surface area (Å²) in [6.45, 7) is 6.23. The van der Waals surface area contributed by atoms with Crippen LogP contribution in [0, 0.1) is 18.8 Å². The van der Waals surface area contributed by atoms with Gasteiger partial charge in [-0.3, -0.25) is 14.6 Å². The number of carbonyl (C=O) groups is 3. The van der Waals surface area contributed by atoms with Crippen LogP contribution in [-0.4, -0.2) is 47.1 Å². The molecular formula is C31H38N4O5. The number of amides is 3. The Kier molecular flexibility index (Phi) is 10.6. The van der Waals surface area contributed by atoms with Crippen LogP contribution < -0.4 is 15.4 Å². The maximum absolute atomic E-state index is 13.0. The lowest BCUT2D eigenvalue weighted by atomic mass is 9.91. The number of urea groups is 1. The lowest BCUT2D eigenvalue weighted by Crippen LogP contribution is -2.28. The average molecular weight is 547 g/mol. The molecule has 3 aromatic rings. The van der Waals surface area contributed by atoms with Crippen LogP contribution in [0.15, 0.2) is 60.8 Å². The fraction of sp³-hybridized carbons (Fsp3) is 0.355. The summed E-state index contributed by atoms with van der Waals surface area (Å²) in [5.74, 6) is -0.657. The molecule has 0 radical (unpaired) electrons. The van der Waals surface area contributed by atoms with Crippen LogP contribution in [0.2, 0.25) is 0 Å². The zero-order chi connectivity index (χ0) is 29.2. The number of pyridine rings is 1. The Morgan fingerprint density at radius 3 is 2.40 bits per heavy atom. The summed E-state index contributed by atoms with van der Waals surface area (Å²) in [6.07, 6.45) is 2.81. The van der Waals surface area contributed by atoms with Crippen LogP contribution in [0.25, 0.3) is 0 Å². The summed E-state index contributed by atoms with van der Waals surface area (Å²) < 4.78 is 5.46. The van der Waals surface area contributed by atoms with E-state index in [0.29, 0.717) is 42.2 Å². The lowest BCUT2D eigenvalue weighted by Gasteiger charge is -2.19. The molecule has 1 atom stereocenters. The molecule has 9 heteroatoms. The van der Waals surface area contributed by atoms with Crippen molar-refractivity contribution in [3.05, 3.63) is 83.2 Å². The van der Waals surface area contributed by atoms with Crippen LogP contribution in [0.4, 0.5) is 16.2 Å². The number of carboxylic acids is 1. The van der Waals surface area contributed by atoms with Crippen molar-refractivity contribution in [3.63, 3.8) is 0 Å². The van der Waals surface area contributed by atoms with Crippen molar-refractivity contribution in [1.82, 2.24) is 9.88 Å². The van der Waals surface area contributed by atoms with Crippen molar-refractivity contribution in [2.75, 3.05) is 24.8 Å². The van der Waals surface area contributed by atoms with Crippen molar-refractivity contribution >= 4 is 29.3 Å². The van der Waals surface area contributed by atoms with E-state index in [-0.39, 0.29) is 18.2 Å². The number of rotatable bonds is 12. The van der Waals surface area contributed by atoms with E-state index in [4.69, 9.17) is 4.74 Å². The molecule has 0 aliphatic rings. The number of likely N-dealkylation sites (N-methyl/N-ethyl adjacent to an activating group) is 1. The third kappa shape index (κ3) is 8.83. The standard InChI is InChI=1S/C31H38N4O5/c1-20(2)14-24(30(37)38)15-23-12-13-32-25(16-23)19-35(4)29(36)18-22-10-11-27(28(17-22)40-5)34-31(39)33-26-9-7-6-8-21(26)3/h6-13,16-17,20,24H,14-15,18-19H2,1-5H3,(H,37,38)(H2,33,34,39). The minimum absolute atomic E-state index is 0.115. The molecule has 3 N–H and O–H groups in total. The molecule has 40 heavy (non-hydrogen) atoms. The Labute approximate surface area is 235 Å². The zero-order valence-electron chi connectivity index (χ0n) is 23.7. The number of methoxy groups -OCH3 is 1. The molecule has 1 aromatic heterocycles. The topological polar surface area (TPSA) is 121 Å². The quantitative estimate of drug-likeness (QED) is 0.275. The fourth-order valence-electron chi connectivity index (χ4n) is 4.45. The van der Waals surface area contributed by atoms with E-state index >= 15 is 0 Å². The van der Waals surface area contributed by atoms with Crippen LogP contribution in [-0.2, 0) is 29.0 Å². The van der Waals surface area contributed by atoms with E-state index in [1.54, 1.807) is 36.3 Å². The number of aromatic nitrogens is 1. The van der Waals surface area contributed by atoms with E-state index in [0.717, 1.165) is 16.7 Å². The molecule has 0 fully saturated rings. The smallest absolute Gasteiger partial charge is 0.323 e. The maximum atomic E-state index is 13.0. The second-order valence-electron chi connectivity index (χ2n) is 10.4. The van der Waals surface area contributed by atoms with Crippen molar-refractivity contribution in [1.29, 1.82) is 0 Å². The van der Waals surface area contributed by atoms with E-state index in [1.165, 1.54) is 7.11 Å². The Bertz CT molecular complexity index is 1340. The molecule has 0 saturated carbocycles. The van der Waals surface area contributed by atoms with E-state index in [9.17, 15) is 19.5 Å². The molecule has 9 nitrogen and oxygen atoms in total. The van der Waals surface area contributed by atoms with Crippen LogP contribution in [0.5, 0.6) is 5.75 Å². The molecule has 2 aromatic carbocycles. The van der Waals surface area contributed by atoms with Gasteiger partial charge >= 0.3 is 12.0 Å². The molecule has 0 spiro atoms. The van der Waals surface area contributed by atoms with Gasteiger partial charge in [-0.2, -0.15) is 0 Å². The molecular weight excluding hydrogens is 508 g/mol. The summed E-state index contributed by atoms with van der Waals surface area (Å²) in [4.78, 5) is 43.1. The Hall–Kier alpha value is -4.40. The largest absolute Gasteiger partial charge is 0.495 e. The average Bonchev–Trinajstić information content (AvgIpc) is 2.90. The number of nitrogens with zero attached hydrogens (tertiary/aromatic N) is 2. The number of anilines is 2. The molecule has 3 amide bonds. The molecule has 3 rings (SSSR count). The van der Waals surface area contributed by atoms with Crippen molar-refractivity contribution in [3.8, 4) is 5.75 Å². The molecule has 1 unspecified atom stereocenters. The number of hydrogen-bond donors (Lipinski definition) is 3. The maximum Gasteiger partial charge on any atom is 0.323 e. The third-order valence-electron chi connectivity index (χ3n) is 6.56. The van der Waals surface area contributed by atoms with Gasteiger partial charge < -0.3 is 25.4 Å². The first-order valence-corrected chi connectivity index (χ1v) is 13.3. The summed E-state index contributed by atoms with van der Waals surface area (Å²) in [6, 6.07) is 16.0. The van der Waals surface area contributed by atoms with Gasteiger partial charge in [-0.05, 0) is 72.7 Å². The second-order valence-corrected chi connectivity index (χ2v) is 10.4. The Morgan fingerprint density at radius 1 is 1.00 bits per heavy atom. The Balaban J connectivity index is 1.61. The van der Waals surface area contributed by atoms with Gasteiger partial charge in [0.2, 0.25) is 5.91 Å². The van der Waals surface area contributed by atoms with Crippen molar-refractivity contribution < 1.29 is 24.2 Å². The lowest BCUT2D eigenvalue weighted by molar-refractivity contribution is -0.142. The summed E-state index contributed by atoms with van der Waals surface area (Å²) in [5, 5.41) is 15.2. The molecule has 0 bridgehead atoms. The SMILES string of the molecule is COc1cc(CC(=O)N(C)Cc2cc(CC(CC(C)C)C(=O)O)ccn2)ccc1NC(=O)Nc1ccccc1C. The third-order valence-corrected chi connectivity index (χ3v) is 6.56. The van der Waals surface area contributed by atoms with Gasteiger partial charge in [0.05, 0.1) is 37.4 Å². The first kappa shape index (κ1) is 30.1. The highest BCUT2D eigenvalue weighted by molar-refractivity contribution is 6.01. The molecule has 0 saturated heterocycles. The first-order valence-electron chi connectivity index (χ1n) is 13.3. The predicted molar refractivity (Wildman–Crippen MR) is 156 cm³/mol. The van der Waals surface area contributed by atoms with Gasteiger partial charge in [0.1, 0.15) is 5.75 Å². The fourth-order valence-corrected chi connectivity index (χ4v) is 4.45. The highest BCUT2D eigenvalue weighted by atomic mass is 16.5. The van der Waals surface area contributed by atoms with Gasteiger partial charge in [-0.25, -0.2) is 4.79 Å². The molecule has 0 aliphatic carbocycles. The van der Waals surface area contributed by atoms with Crippen molar-refractivity contribution in [2.45, 2.75) is 46.6 Å². The van der Waals surface area contributed by atoms with E-state index < -0.39 is 17.9 Å². The van der Waals surface area contributed by atoms with Gasteiger partial charge in [0.15, 0.2) is 0 Å². The minimum atomic E-state index is -0.803. The molecule has 1 heterocycles. The summed E-state index contributed by atoms with van der Waals surface area (Å²) >= 11 is 0. The number of carboxylic acid groups (broad SMARTS) is 1. The highest BCUT2D eigenvalue weighted by Gasteiger charge is 2.20. The highest BCUT2D eigenvalue weighted by Crippen LogP contribution is 2.27. The van der Waals surface area contributed by atoms with Crippen molar-refractivity contribution in [2.24, 2.45) is 11.8 Å². The zero-order valence-corrected chi connectivity index (χ0v) is 23.7. The molecule has 212 valence electrons. The number of hydrogen-bond acceptors (Lipinski definition) is 5. The normalized spacial score (nSPS) is 11.6. The number of nitrogens with one attached hydrogen (secondary N) is 2. The minimum Gasteiger partial charge on any atom is -0.495 e. The van der Waals surface area contributed by atoms with Gasteiger partial charge in [-0.1, -0.05) is 38.1 Å². The van der Waals surface area contributed by atoms with Gasteiger partial charge in [-0.15, -0.1) is 0 Å². The van der Waals surface area contributed by atoms with Gasteiger partial charge in [0, 0.05) is 18.9 Å². The predicted octanol–water partition coefficient (Wildman–Crippen LogP) is 5.53. The van der Waals surface area contributed by atoms with Crippen LogP contribution >= 0.6 is 0 Å². The van der Waals surface area contributed by atoms with Crippen LogP contribution in [0.3, 0.4) is 0 Å². The van der Waals surface area contributed by atoms with E-state index in [2.05, 4.69) is 15.6 Å². The number of aryl methyl sites for hydroxylation is 1. The van der Waals surface area contributed by atoms with Crippen LogP contribution in [0.1, 0.15) is 42.7 Å². The summed E-state index contributed by atoms with van der Waals surface area (Å²) in [5.41, 5.74) is 4.45. The number of ether oxygens (including phenoxy) is 1. The number of benzene rings is 2. The monoisotopic (exact) mass is 546 g/mol. The van der Waals surface area contributed by atoms with Gasteiger partial charge in [0.25, 0.3) is 0 Å². The number of para-hydroxylation sites is 1. The number of aliphatic carboxylic acids is 1. The molecule has 0 aliphatic heterocycles. The summed E-state index contributed by atoms with van der Waals surface area (Å²) in [7, 11) is 3.21. The second kappa shape index (κ2) is 14.1.